The molecule has 0 radical (unpaired) electrons. The third kappa shape index (κ3) is 3.78. The topological polar surface area (TPSA) is 104 Å². The Morgan fingerprint density at radius 2 is 1.79 bits per heavy atom. The van der Waals surface area contributed by atoms with Crippen molar-refractivity contribution in [2.75, 3.05) is 7.11 Å². The molecule has 2 N–H and O–H groups in total. The molecule has 0 aromatic heterocycles. The van der Waals surface area contributed by atoms with Crippen molar-refractivity contribution in [1.29, 1.82) is 0 Å². The summed E-state index contributed by atoms with van der Waals surface area (Å²) in [5, 5.41) is 18.1. The van der Waals surface area contributed by atoms with Crippen molar-refractivity contribution in [3.8, 4) is 0 Å². The fourth-order valence-corrected chi connectivity index (χ4v) is 1.55. The lowest BCUT2D eigenvalue weighted by atomic mass is 10.1. The van der Waals surface area contributed by atoms with Gasteiger partial charge in [0, 0.05) is 6.42 Å². The number of rotatable bonds is 5. The first-order chi connectivity index (χ1) is 8.97. The summed E-state index contributed by atoms with van der Waals surface area (Å²) in [7, 11) is 1.04. The first-order valence-electron chi connectivity index (χ1n) is 5.34. The highest BCUT2D eigenvalue weighted by Crippen LogP contribution is 2.10. The van der Waals surface area contributed by atoms with E-state index in [1.807, 2.05) is 0 Å². The quantitative estimate of drug-likeness (QED) is 0.581. The summed E-state index contributed by atoms with van der Waals surface area (Å²) in [5.41, 5.74) is 0.648. The van der Waals surface area contributed by atoms with Crippen LogP contribution in [0.2, 0.25) is 0 Å². The van der Waals surface area contributed by atoms with E-state index < -0.39 is 23.9 Å². The van der Waals surface area contributed by atoms with Gasteiger partial charge in [0.15, 0.2) is 6.04 Å². The normalized spacial score (nSPS) is 11.6. The maximum atomic E-state index is 11.3. The summed E-state index contributed by atoms with van der Waals surface area (Å²) in [6, 6.07) is 7.13. The lowest BCUT2D eigenvalue weighted by Gasteiger charge is -2.24. The maximum absolute atomic E-state index is 11.3. The Hall–Kier alpha value is -2.41. The van der Waals surface area contributed by atoms with Crippen molar-refractivity contribution in [2.24, 2.45) is 0 Å². The molecule has 1 aromatic rings. The van der Waals surface area contributed by atoms with E-state index in [0.717, 1.165) is 7.11 Å². The first-order valence-corrected chi connectivity index (χ1v) is 5.34. The molecular formula is C12H13NO6. The number of hydrogen-bond acceptors (Lipinski definition) is 4. The summed E-state index contributed by atoms with van der Waals surface area (Å²) in [5.74, 6) is -4.55. The van der Waals surface area contributed by atoms with E-state index in [9.17, 15) is 14.4 Å². The lowest BCUT2D eigenvalue weighted by molar-refractivity contribution is -0.200. The van der Waals surface area contributed by atoms with Gasteiger partial charge in [-0.15, -0.1) is 0 Å². The first kappa shape index (κ1) is 14.7. The molecule has 0 saturated heterocycles. The standard InChI is InChI=1S/C12H13NO6/c1-19-13(10(14)12(17)18)9(11(15)16)7-8-5-3-2-4-6-8/h2-6,9H,7H2,1H3,(H,15,16)(H,17,18)/t9-/m0/s1. The Balaban J connectivity index is 2.96. The van der Waals surface area contributed by atoms with Gasteiger partial charge in [-0.05, 0) is 5.56 Å². The van der Waals surface area contributed by atoms with Gasteiger partial charge in [-0.3, -0.25) is 9.63 Å². The minimum atomic E-state index is -1.78. The Morgan fingerprint density at radius 1 is 1.21 bits per heavy atom. The van der Waals surface area contributed by atoms with Gasteiger partial charge in [-0.2, -0.15) is 5.06 Å². The second-order valence-corrected chi connectivity index (χ2v) is 3.66. The molecule has 102 valence electrons. The fourth-order valence-electron chi connectivity index (χ4n) is 1.55. The molecule has 0 aliphatic carbocycles. The third-order valence-electron chi connectivity index (χ3n) is 2.42. The Morgan fingerprint density at radius 3 is 2.21 bits per heavy atom. The van der Waals surface area contributed by atoms with Crippen LogP contribution in [-0.2, 0) is 25.6 Å². The monoisotopic (exact) mass is 267 g/mol. The molecule has 0 heterocycles. The number of hydrogen-bond donors (Lipinski definition) is 2. The molecule has 19 heavy (non-hydrogen) atoms. The maximum Gasteiger partial charge on any atom is 0.396 e. The summed E-state index contributed by atoms with van der Waals surface area (Å²) in [6.07, 6.45) is -0.0525. The second kappa shape index (κ2) is 6.50. The van der Waals surface area contributed by atoms with E-state index in [0.29, 0.717) is 10.6 Å². The van der Waals surface area contributed by atoms with Crippen molar-refractivity contribution in [3.05, 3.63) is 35.9 Å². The molecule has 7 nitrogen and oxygen atoms in total. The molecule has 0 aliphatic heterocycles. The van der Waals surface area contributed by atoms with E-state index in [2.05, 4.69) is 4.84 Å². The summed E-state index contributed by atoms with van der Waals surface area (Å²) in [6.45, 7) is 0. The number of carbonyl (C=O) groups is 3. The van der Waals surface area contributed by atoms with Crippen molar-refractivity contribution >= 4 is 17.8 Å². The highest BCUT2D eigenvalue weighted by Gasteiger charge is 2.34. The SMILES string of the molecule is CON(C(=O)C(=O)O)[C@@H](Cc1ccccc1)C(=O)O. The second-order valence-electron chi connectivity index (χ2n) is 3.66. The van der Waals surface area contributed by atoms with Gasteiger partial charge in [-0.25, -0.2) is 9.59 Å². The summed E-state index contributed by atoms with van der Waals surface area (Å²) in [4.78, 5) is 37.7. The molecule has 1 amide bonds. The number of carboxylic acids is 2. The van der Waals surface area contributed by atoms with Gasteiger partial charge >= 0.3 is 17.8 Å². The Labute approximate surface area is 109 Å². The molecular weight excluding hydrogens is 254 g/mol. The molecule has 0 unspecified atom stereocenters. The summed E-state index contributed by atoms with van der Waals surface area (Å²) >= 11 is 0. The van der Waals surface area contributed by atoms with Crippen LogP contribution in [0.4, 0.5) is 0 Å². The van der Waals surface area contributed by atoms with Crippen LogP contribution in [0.1, 0.15) is 5.56 Å². The largest absolute Gasteiger partial charge is 0.480 e. The third-order valence-corrected chi connectivity index (χ3v) is 2.42. The molecule has 0 fully saturated rings. The number of benzene rings is 1. The van der Waals surface area contributed by atoms with Crippen molar-refractivity contribution in [1.82, 2.24) is 5.06 Å². The van der Waals surface area contributed by atoms with Crippen LogP contribution >= 0.6 is 0 Å². The average molecular weight is 267 g/mol. The molecule has 0 spiro atoms. The van der Waals surface area contributed by atoms with E-state index in [1.54, 1.807) is 30.3 Å². The summed E-state index contributed by atoms with van der Waals surface area (Å²) < 4.78 is 0. The van der Waals surface area contributed by atoms with E-state index >= 15 is 0 Å². The zero-order valence-electron chi connectivity index (χ0n) is 10.1. The van der Waals surface area contributed by atoms with Crippen LogP contribution in [0, 0.1) is 0 Å². The van der Waals surface area contributed by atoms with Gasteiger partial charge in [0.1, 0.15) is 0 Å². The van der Waals surface area contributed by atoms with Crippen LogP contribution in [0.3, 0.4) is 0 Å². The highest BCUT2D eigenvalue weighted by atomic mass is 16.7. The van der Waals surface area contributed by atoms with Crippen LogP contribution < -0.4 is 0 Å². The number of carbonyl (C=O) groups excluding carboxylic acids is 1. The van der Waals surface area contributed by atoms with Gasteiger partial charge in [0.2, 0.25) is 0 Å². The van der Waals surface area contributed by atoms with E-state index in [4.69, 9.17) is 10.2 Å². The van der Waals surface area contributed by atoms with Gasteiger partial charge in [0.05, 0.1) is 7.11 Å². The number of carboxylic acid groups (broad SMARTS) is 2. The van der Waals surface area contributed by atoms with Crippen LogP contribution in [0.25, 0.3) is 0 Å². The number of nitrogens with zero attached hydrogens (tertiary/aromatic N) is 1. The Bertz CT molecular complexity index is 472. The molecule has 7 heteroatoms. The minimum absolute atomic E-state index is 0.0525. The van der Waals surface area contributed by atoms with Gasteiger partial charge < -0.3 is 10.2 Å². The van der Waals surface area contributed by atoms with Crippen molar-refractivity contribution < 1.29 is 29.4 Å². The minimum Gasteiger partial charge on any atom is -0.480 e. The van der Waals surface area contributed by atoms with Crippen LogP contribution in [-0.4, -0.2) is 46.3 Å². The zero-order chi connectivity index (χ0) is 14.4. The highest BCUT2D eigenvalue weighted by molar-refractivity contribution is 6.31. The van der Waals surface area contributed by atoms with Crippen molar-refractivity contribution in [3.63, 3.8) is 0 Å². The number of aliphatic carboxylic acids is 2. The zero-order valence-corrected chi connectivity index (χ0v) is 10.1. The van der Waals surface area contributed by atoms with Gasteiger partial charge in [-0.1, -0.05) is 30.3 Å². The van der Waals surface area contributed by atoms with Crippen molar-refractivity contribution in [2.45, 2.75) is 12.5 Å². The molecule has 0 aliphatic rings. The predicted molar refractivity (Wildman–Crippen MR) is 63.1 cm³/mol. The molecule has 0 bridgehead atoms. The molecule has 1 rings (SSSR count). The Kier molecular flexibility index (Phi) is 5.01. The number of hydroxylamine groups is 2. The fraction of sp³-hybridized carbons (Fsp3) is 0.250. The van der Waals surface area contributed by atoms with Crippen LogP contribution in [0.15, 0.2) is 30.3 Å². The number of amides is 1. The van der Waals surface area contributed by atoms with E-state index in [-0.39, 0.29) is 6.42 Å². The van der Waals surface area contributed by atoms with Crippen LogP contribution in [0.5, 0.6) is 0 Å². The van der Waals surface area contributed by atoms with E-state index in [1.165, 1.54) is 0 Å². The smallest absolute Gasteiger partial charge is 0.396 e. The predicted octanol–water partition coefficient (Wildman–Crippen LogP) is 0.157. The molecule has 0 saturated carbocycles. The lowest BCUT2D eigenvalue weighted by Crippen LogP contribution is -2.48. The molecule has 1 aromatic carbocycles. The van der Waals surface area contributed by atoms with Gasteiger partial charge in [0.25, 0.3) is 0 Å². The molecule has 1 atom stereocenters. The average Bonchev–Trinajstić information content (AvgIpc) is 2.39.